The molecule has 0 heterocycles. The Balaban J connectivity index is 1.51. The number of alkyl carbamates (subject to hydrolysis) is 1. The predicted molar refractivity (Wildman–Crippen MR) is 135 cm³/mol. The molecule has 0 saturated heterocycles. The zero-order valence-corrected chi connectivity index (χ0v) is 21.0. The molecule has 7 heteroatoms. The van der Waals surface area contributed by atoms with Gasteiger partial charge in [0.2, 0.25) is 5.91 Å². The van der Waals surface area contributed by atoms with Crippen molar-refractivity contribution < 1.29 is 24.2 Å². The van der Waals surface area contributed by atoms with E-state index in [2.05, 4.69) is 34.9 Å². The van der Waals surface area contributed by atoms with E-state index in [9.17, 15) is 14.4 Å². The third-order valence-electron chi connectivity index (χ3n) is 6.69. The highest BCUT2D eigenvalue weighted by atomic mass is 16.5. The van der Waals surface area contributed by atoms with Crippen molar-refractivity contribution in [1.82, 2.24) is 10.6 Å². The minimum atomic E-state index is -0.950. The summed E-state index contributed by atoms with van der Waals surface area (Å²) in [6.07, 6.45) is 0.246. The number of rotatable bonds is 10. The second-order valence-electron chi connectivity index (χ2n) is 10.3. The van der Waals surface area contributed by atoms with Crippen LogP contribution in [0.1, 0.15) is 64.0 Å². The molecule has 35 heavy (non-hydrogen) atoms. The van der Waals surface area contributed by atoms with Crippen molar-refractivity contribution in [2.75, 3.05) is 13.2 Å². The van der Waals surface area contributed by atoms with Crippen molar-refractivity contribution in [3.63, 3.8) is 0 Å². The Morgan fingerprint density at radius 3 is 2.06 bits per heavy atom. The number of carboxylic acid groups (broad SMARTS) is 1. The molecule has 7 nitrogen and oxygen atoms in total. The van der Waals surface area contributed by atoms with Crippen molar-refractivity contribution >= 4 is 18.0 Å². The van der Waals surface area contributed by atoms with Gasteiger partial charge in [0, 0.05) is 24.9 Å². The molecule has 0 aromatic heterocycles. The summed E-state index contributed by atoms with van der Waals surface area (Å²) in [4.78, 5) is 36.2. The third kappa shape index (κ3) is 6.84. The molecule has 2 amide bonds. The normalized spacial score (nSPS) is 14.4. The maximum atomic E-state index is 12.6. The first-order valence-corrected chi connectivity index (χ1v) is 12.2. The molecule has 2 atom stereocenters. The Labute approximate surface area is 207 Å². The molecule has 1 aliphatic rings. The van der Waals surface area contributed by atoms with E-state index in [1.165, 1.54) is 11.1 Å². The summed E-state index contributed by atoms with van der Waals surface area (Å²) in [5.74, 6) is -1.26. The second-order valence-corrected chi connectivity index (χ2v) is 10.3. The Bertz CT molecular complexity index is 1010. The van der Waals surface area contributed by atoms with E-state index in [0.717, 1.165) is 11.1 Å². The van der Waals surface area contributed by atoms with Gasteiger partial charge in [-0.05, 0) is 33.6 Å². The quantitative estimate of drug-likeness (QED) is 0.446. The molecule has 0 spiro atoms. The molecule has 2 unspecified atom stereocenters. The Hall–Kier alpha value is -3.35. The van der Waals surface area contributed by atoms with Crippen LogP contribution < -0.4 is 10.6 Å². The molecule has 0 aliphatic heterocycles. The molecule has 0 fully saturated rings. The van der Waals surface area contributed by atoms with Gasteiger partial charge in [-0.25, -0.2) is 4.79 Å². The molecule has 0 saturated carbocycles. The number of carbonyl (C=O) groups is 3. The number of ether oxygens (including phenoxy) is 1. The van der Waals surface area contributed by atoms with Gasteiger partial charge in [0.25, 0.3) is 0 Å². The summed E-state index contributed by atoms with van der Waals surface area (Å²) in [5.41, 5.74) is 4.27. The van der Waals surface area contributed by atoms with Crippen LogP contribution in [0.25, 0.3) is 11.1 Å². The highest BCUT2D eigenvalue weighted by Crippen LogP contribution is 2.44. The fourth-order valence-electron chi connectivity index (χ4n) is 4.50. The molecule has 0 radical (unpaired) electrons. The lowest BCUT2D eigenvalue weighted by Crippen LogP contribution is -2.46. The first-order chi connectivity index (χ1) is 16.6. The lowest BCUT2D eigenvalue weighted by atomic mass is 9.84. The average molecular weight is 481 g/mol. The molecular formula is C28H36N2O5. The fraction of sp³-hybridized carbons (Fsp3) is 0.464. The van der Waals surface area contributed by atoms with Crippen LogP contribution in [-0.4, -0.2) is 42.3 Å². The first-order valence-electron chi connectivity index (χ1n) is 12.2. The largest absolute Gasteiger partial charge is 0.481 e. The Kier molecular flexibility index (Phi) is 8.54. The standard InChI is InChI=1S/C28H36N2O5/c1-5-18(14-25(31)30-24(15-26(32)33)28(2,3)4)16-29-27(34)35-17-23-21-12-8-6-10-19(21)20-11-7-9-13-22(20)23/h6-13,18,23-24H,5,14-17H2,1-4H3,(H,29,34)(H,30,31)(H,32,33). The summed E-state index contributed by atoms with van der Waals surface area (Å²) < 4.78 is 5.58. The number of amides is 2. The van der Waals surface area contributed by atoms with Gasteiger partial charge in [-0.15, -0.1) is 0 Å². The Morgan fingerprint density at radius 2 is 1.54 bits per heavy atom. The lowest BCUT2D eigenvalue weighted by Gasteiger charge is -2.31. The molecule has 188 valence electrons. The fourth-order valence-corrected chi connectivity index (χ4v) is 4.50. The number of fused-ring (bicyclic) bond motifs is 3. The SMILES string of the molecule is CCC(CNC(=O)OCC1c2ccccc2-c2ccccc21)CC(=O)NC(CC(=O)O)C(C)(C)C. The number of carbonyl (C=O) groups excluding carboxylic acids is 2. The van der Waals surface area contributed by atoms with E-state index < -0.39 is 18.1 Å². The summed E-state index contributed by atoms with van der Waals surface area (Å²) in [5, 5.41) is 14.8. The van der Waals surface area contributed by atoms with Crippen LogP contribution >= 0.6 is 0 Å². The monoisotopic (exact) mass is 480 g/mol. The van der Waals surface area contributed by atoms with E-state index in [0.29, 0.717) is 13.0 Å². The van der Waals surface area contributed by atoms with Crippen molar-refractivity contribution in [2.24, 2.45) is 11.3 Å². The molecule has 3 N–H and O–H groups in total. The smallest absolute Gasteiger partial charge is 0.407 e. The number of benzene rings is 2. The number of hydrogen-bond acceptors (Lipinski definition) is 4. The minimum absolute atomic E-state index is 0.00975. The highest BCUT2D eigenvalue weighted by molar-refractivity contribution is 5.79. The van der Waals surface area contributed by atoms with Crippen LogP contribution in [0.4, 0.5) is 4.79 Å². The lowest BCUT2D eigenvalue weighted by molar-refractivity contribution is -0.138. The van der Waals surface area contributed by atoms with Crippen molar-refractivity contribution in [3.8, 4) is 11.1 Å². The third-order valence-corrected chi connectivity index (χ3v) is 6.69. The first kappa shape index (κ1) is 26.3. The van der Waals surface area contributed by atoms with Crippen LogP contribution in [0.15, 0.2) is 48.5 Å². The van der Waals surface area contributed by atoms with Crippen LogP contribution in [-0.2, 0) is 14.3 Å². The molecule has 3 rings (SSSR count). The predicted octanol–water partition coefficient (Wildman–Crippen LogP) is 4.95. The zero-order chi connectivity index (χ0) is 25.6. The van der Waals surface area contributed by atoms with E-state index in [-0.39, 0.29) is 42.6 Å². The van der Waals surface area contributed by atoms with E-state index in [4.69, 9.17) is 9.84 Å². The Morgan fingerprint density at radius 1 is 0.971 bits per heavy atom. The van der Waals surface area contributed by atoms with Crippen LogP contribution in [0.2, 0.25) is 0 Å². The highest BCUT2D eigenvalue weighted by Gasteiger charge is 2.30. The van der Waals surface area contributed by atoms with Crippen LogP contribution in [0, 0.1) is 11.3 Å². The van der Waals surface area contributed by atoms with Crippen molar-refractivity contribution in [3.05, 3.63) is 59.7 Å². The van der Waals surface area contributed by atoms with Gasteiger partial charge in [-0.2, -0.15) is 0 Å². The van der Waals surface area contributed by atoms with Crippen LogP contribution in [0.5, 0.6) is 0 Å². The van der Waals surface area contributed by atoms with Crippen molar-refractivity contribution in [2.45, 2.75) is 58.9 Å². The van der Waals surface area contributed by atoms with Crippen molar-refractivity contribution in [1.29, 1.82) is 0 Å². The van der Waals surface area contributed by atoms with Gasteiger partial charge in [-0.3, -0.25) is 9.59 Å². The number of carboxylic acids is 1. The summed E-state index contributed by atoms with van der Waals surface area (Å²) in [6.45, 7) is 8.19. The van der Waals surface area contributed by atoms with Gasteiger partial charge in [-0.1, -0.05) is 82.6 Å². The summed E-state index contributed by atoms with van der Waals surface area (Å²) in [6, 6.07) is 15.9. The summed E-state index contributed by atoms with van der Waals surface area (Å²) in [7, 11) is 0. The van der Waals surface area contributed by atoms with Gasteiger partial charge >= 0.3 is 12.1 Å². The molecule has 0 bridgehead atoms. The number of nitrogens with one attached hydrogen (secondary N) is 2. The van der Waals surface area contributed by atoms with Crippen LogP contribution in [0.3, 0.4) is 0 Å². The van der Waals surface area contributed by atoms with Gasteiger partial charge in [0.05, 0.1) is 6.42 Å². The van der Waals surface area contributed by atoms with E-state index in [1.54, 1.807) is 0 Å². The zero-order valence-electron chi connectivity index (χ0n) is 21.0. The minimum Gasteiger partial charge on any atom is -0.481 e. The number of aliphatic carboxylic acids is 1. The molecular weight excluding hydrogens is 444 g/mol. The van der Waals surface area contributed by atoms with Gasteiger partial charge in [0.15, 0.2) is 0 Å². The second kappa shape index (κ2) is 11.4. The van der Waals surface area contributed by atoms with E-state index >= 15 is 0 Å². The maximum absolute atomic E-state index is 12.6. The molecule has 2 aromatic carbocycles. The average Bonchev–Trinajstić information content (AvgIpc) is 3.13. The van der Waals surface area contributed by atoms with E-state index in [1.807, 2.05) is 52.0 Å². The van der Waals surface area contributed by atoms with Gasteiger partial charge < -0.3 is 20.5 Å². The topological polar surface area (TPSA) is 105 Å². The maximum Gasteiger partial charge on any atom is 0.407 e. The summed E-state index contributed by atoms with van der Waals surface area (Å²) >= 11 is 0. The number of hydrogen-bond donors (Lipinski definition) is 3. The van der Waals surface area contributed by atoms with Gasteiger partial charge in [0.1, 0.15) is 6.61 Å². The molecule has 1 aliphatic carbocycles. The molecule has 2 aromatic rings.